The topological polar surface area (TPSA) is 45.5 Å². The highest BCUT2D eigenvalue weighted by atomic mass is 127. The zero-order valence-electron chi connectivity index (χ0n) is 15.1. The molecule has 0 amide bonds. The van der Waals surface area contributed by atoms with Gasteiger partial charge >= 0.3 is 0 Å². The lowest BCUT2D eigenvalue weighted by Gasteiger charge is -2.32. The molecule has 2 aliphatic rings. The third kappa shape index (κ3) is 3.72. The molecule has 142 valence electrons. The minimum Gasteiger partial charge on any atom is -0.464 e. The van der Waals surface area contributed by atoms with Gasteiger partial charge in [-0.1, -0.05) is 6.92 Å². The van der Waals surface area contributed by atoms with E-state index in [-0.39, 0.29) is 10.0 Å². The Hall–Kier alpha value is -0.510. The van der Waals surface area contributed by atoms with Gasteiger partial charge in [-0.25, -0.2) is 4.68 Å². The summed E-state index contributed by atoms with van der Waals surface area (Å²) in [6, 6.07) is 4.18. The number of fused-ring (bicyclic) bond motifs is 1. The lowest BCUT2D eigenvalue weighted by molar-refractivity contribution is -0.107. The Morgan fingerprint density at radius 3 is 2.92 bits per heavy atom. The third-order valence-corrected chi connectivity index (χ3v) is 7.18. The maximum absolute atomic E-state index is 6.21. The van der Waals surface area contributed by atoms with Crippen LogP contribution in [-0.4, -0.2) is 35.0 Å². The van der Waals surface area contributed by atoms with Crippen LogP contribution in [0.25, 0.3) is 10.9 Å². The first-order valence-electron chi connectivity index (χ1n) is 9.46. The zero-order valence-corrected chi connectivity index (χ0v) is 18.1. The van der Waals surface area contributed by atoms with E-state index in [0.29, 0.717) is 0 Å². The molecule has 2 aliphatic heterocycles. The summed E-state index contributed by atoms with van der Waals surface area (Å²) in [5.41, 5.74) is 1.11. The van der Waals surface area contributed by atoms with Crippen molar-refractivity contribution in [1.82, 2.24) is 9.78 Å². The summed E-state index contributed by atoms with van der Waals surface area (Å²) in [6.45, 7) is 3.75. The number of rotatable bonds is 5. The summed E-state index contributed by atoms with van der Waals surface area (Å²) >= 11 is 4.21. The van der Waals surface area contributed by atoms with Crippen molar-refractivity contribution < 1.29 is 14.2 Å². The van der Waals surface area contributed by atoms with E-state index in [9.17, 15) is 0 Å². The van der Waals surface area contributed by atoms with Crippen LogP contribution >= 0.6 is 34.4 Å². The highest BCUT2D eigenvalue weighted by Crippen LogP contribution is 2.42. The fourth-order valence-corrected chi connectivity index (χ4v) is 5.41. The second-order valence-electron chi connectivity index (χ2n) is 6.72. The summed E-state index contributed by atoms with van der Waals surface area (Å²) in [6.07, 6.45) is 8.34. The summed E-state index contributed by atoms with van der Waals surface area (Å²) in [4.78, 5) is 1.15. The average molecular weight is 488 g/mol. The van der Waals surface area contributed by atoms with Crippen molar-refractivity contribution in [3.8, 4) is 5.75 Å². The van der Waals surface area contributed by atoms with Crippen LogP contribution in [0.1, 0.15) is 45.4 Å². The minimum absolute atomic E-state index is 0.134. The van der Waals surface area contributed by atoms with E-state index >= 15 is 0 Å². The van der Waals surface area contributed by atoms with Crippen LogP contribution in [0.5, 0.6) is 5.75 Å². The molecule has 0 N–H and O–H groups in total. The predicted octanol–water partition coefficient (Wildman–Crippen LogP) is 5.30. The van der Waals surface area contributed by atoms with Gasteiger partial charge in [0.25, 0.3) is 0 Å². The van der Waals surface area contributed by atoms with Crippen molar-refractivity contribution in [2.75, 3.05) is 19.0 Å². The van der Waals surface area contributed by atoms with Gasteiger partial charge in [0, 0.05) is 18.2 Å². The Bertz CT molecular complexity index is 755. The van der Waals surface area contributed by atoms with Gasteiger partial charge in [0.05, 0.1) is 29.8 Å². The standard InChI is InChI=1S/C19H25IN2O3S/c1-2-26-18-14-13-21-22(19(20)10-4-6-12-24-19)15(14)8-9-16(18)25-17-7-3-5-11-23-17/h8-9,13,17H,2-7,10-12H2,1H3. The minimum atomic E-state index is -0.388. The smallest absolute Gasteiger partial charge is 0.213 e. The Morgan fingerprint density at radius 1 is 1.31 bits per heavy atom. The summed E-state index contributed by atoms with van der Waals surface area (Å²) in [5.74, 6) is 1.89. The molecule has 26 heavy (non-hydrogen) atoms. The van der Waals surface area contributed by atoms with Crippen LogP contribution in [0, 0.1) is 0 Å². The molecule has 2 saturated heterocycles. The van der Waals surface area contributed by atoms with Crippen LogP contribution in [0.4, 0.5) is 0 Å². The van der Waals surface area contributed by atoms with Gasteiger partial charge in [0.1, 0.15) is 5.75 Å². The molecule has 3 heterocycles. The number of alkyl halides is 1. The second-order valence-corrected chi connectivity index (χ2v) is 9.68. The maximum atomic E-state index is 6.21. The fraction of sp³-hybridized carbons (Fsp3) is 0.632. The normalized spacial score (nSPS) is 26.9. The molecule has 2 aromatic rings. The molecule has 1 aromatic carbocycles. The van der Waals surface area contributed by atoms with Crippen molar-refractivity contribution in [1.29, 1.82) is 0 Å². The largest absolute Gasteiger partial charge is 0.464 e. The van der Waals surface area contributed by atoms with Gasteiger partial charge in [-0.15, -0.1) is 11.8 Å². The molecule has 0 aliphatic carbocycles. The average Bonchev–Trinajstić information content (AvgIpc) is 3.10. The second kappa shape index (κ2) is 8.24. The SMILES string of the molecule is CCSc1c(OC2CCCCO2)ccc2c1cnn2C1(I)CCCCO1. The van der Waals surface area contributed by atoms with Crippen molar-refractivity contribution in [2.24, 2.45) is 0 Å². The van der Waals surface area contributed by atoms with Crippen molar-refractivity contribution in [2.45, 2.75) is 60.4 Å². The molecule has 2 atom stereocenters. The molecule has 4 rings (SSSR count). The Labute approximate surface area is 172 Å². The van der Waals surface area contributed by atoms with Crippen molar-refractivity contribution >= 4 is 45.3 Å². The van der Waals surface area contributed by atoms with E-state index in [4.69, 9.17) is 19.3 Å². The first-order valence-corrected chi connectivity index (χ1v) is 11.5. The van der Waals surface area contributed by atoms with E-state index in [1.54, 1.807) is 11.8 Å². The van der Waals surface area contributed by atoms with Crippen molar-refractivity contribution in [3.05, 3.63) is 18.3 Å². The lowest BCUT2D eigenvalue weighted by atomic mass is 10.2. The number of benzene rings is 1. The zero-order chi connectivity index (χ0) is 18.0. The highest BCUT2D eigenvalue weighted by molar-refractivity contribution is 14.1. The van der Waals surface area contributed by atoms with Gasteiger partial charge in [0.2, 0.25) is 3.73 Å². The number of hydrogen-bond acceptors (Lipinski definition) is 5. The van der Waals surface area contributed by atoms with Gasteiger partial charge in [0.15, 0.2) is 6.29 Å². The maximum Gasteiger partial charge on any atom is 0.213 e. The van der Waals surface area contributed by atoms with Gasteiger partial charge in [-0.05, 0) is 66.2 Å². The van der Waals surface area contributed by atoms with E-state index in [2.05, 4.69) is 41.6 Å². The fourth-order valence-electron chi connectivity index (χ4n) is 3.57. The first-order chi connectivity index (χ1) is 12.7. The molecule has 0 radical (unpaired) electrons. The number of halogens is 1. The molecule has 5 nitrogen and oxygen atoms in total. The Kier molecular flexibility index (Phi) is 5.97. The molecule has 1 aromatic heterocycles. The number of nitrogens with zero attached hydrogens (tertiary/aromatic N) is 2. The van der Waals surface area contributed by atoms with Crippen LogP contribution in [-0.2, 0) is 13.2 Å². The van der Waals surface area contributed by atoms with E-state index in [1.807, 2.05) is 10.9 Å². The van der Waals surface area contributed by atoms with Crippen LogP contribution < -0.4 is 4.74 Å². The third-order valence-electron chi connectivity index (χ3n) is 4.87. The Morgan fingerprint density at radius 2 is 2.19 bits per heavy atom. The van der Waals surface area contributed by atoms with Crippen LogP contribution in [0.3, 0.4) is 0 Å². The van der Waals surface area contributed by atoms with Gasteiger partial charge in [-0.3, -0.25) is 0 Å². The highest BCUT2D eigenvalue weighted by Gasteiger charge is 2.34. The number of ether oxygens (including phenoxy) is 3. The lowest BCUT2D eigenvalue weighted by Crippen LogP contribution is -2.34. The van der Waals surface area contributed by atoms with Crippen LogP contribution in [0.15, 0.2) is 23.2 Å². The number of aromatic nitrogens is 2. The quantitative estimate of drug-likeness (QED) is 0.325. The molecular formula is C19H25IN2O3S. The molecule has 0 spiro atoms. The monoisotopic (exact) mass is 488 g/mol. The number of hydrogen-bond donors (Lipinski definition) is 0. The van der Waals surface area contributed by atoms with E-state index < -0.39 is 0 Å². The first kappa shape index (κ1) is 18.8. The number of thioether (sulfide) groups is 1. The molecule has 2 unspecified atom stereocenters. The van der Waals surface area contributed by atoms with E-state index in [1.165, 1.54) is 6.42 Å². The molecular weight excluding hydrogens is 463 g/mol. The summed E-state index contributed by atoms with van der Waals surface area (Å²) in [5, 5.41) is 5.84. The summed E-state index contributed by atoms with van der Waals surface area (Å²) in [7, 11) is 0. The molecule has 0 bridgehead atoms. The molecule has 2 fully saturated rings. The molecule has 0 saturated carbocycles. The molecule has 7 heteroatoms. The van der Waals surface area contributed by atoms with Gasteiger partial charge in [-0.2, -0.15) is 5.10 Å². The summed E-state index contributed by atoms with van der Waals surface area (Å²) < 4.78 is 19.7. The van der Waals surface area contributed by atoms with E-state index in [0.717, 1.165) is 72.6 Å². The van der Waals surface area contributed by atoms with Gasteiger partial charge < -0.3 is 14.2 Å². The Balaban J connectivity index is 1.70. The van der Waals surface area contributed by atoms with Crippen LogP contribution in [0.2, 0.25) is 0 Å². The van der Waals surface area contributed by atoms with Crippen molar-refractivity contribution in [3.63, 3.8) is 0 Å². The predicted molar refractivity (Wildman–Crippen MR) is 112 cm³/mol.